The molecule has 11 heteroatoms. The molecule has 0 bridgehead atoms. The number of carbonyl (C=O) groups excluding carboxylic acids is 1. The standard InChI is InChI=1S/C23H12Br2Cl2N2O5/c24-17-7-13(8-18(25)21(17)33-11-12-1-3-14(26)4-2-12)9-20-23(30)34-22(28-20)16-10-15(29(31)32)5-6-19(16)27/h1-10H,11H2/b20-9-. The van der Waals surface area contributed by atoms with Crippen molar-refractivity contribution in [2.24, 2.45) is 4.99 Å². The summed E-state index contributed by atoms with van der Waals surface area (Å²) < 4.78 is 12.4. The molecule has 0 aromatic heterocycles. The minimum absolute atomic E-state index is 0.0196. The molecule has 0 radical (unpaired) electrons. The number of aliphatic imine (C=N–C) groups is 1. The molecule has 34 heavy (non-hydrogen) atoms. The monoisotopic (exact) mass is 624 g/mol. The van der Waals surface area contributed by atoms with Crippen LogP contribution in [0.3, 0.4) is 0 Å². The van der Waals surface area contributed by atoms with E-state index >= 15 is 0 Å². The van der Waals surface area contributed by atoms with Gasteiger partial charge in [0.25, 0.3) is 5.69 Å². The van der Waals surface area contributed by atoms with Gasteiger partial charge in [0.2, 0.25) is 5.90 Å². The Hall–Kier alpha value is -2.72. The quantitative estimate of drug-likeness (QED) is 0.123. The minimum Gasteiger partial charge on any atom is -0.487 e. The van der Waals surface area contributed by atoms with Crippen LogP contribution < -0.4 is 4.74 Å². The maximum Gasteiger partial charge on any atom is 0.363 e. The summed E-state index contributed by atoms with van der Waals surface area (Å²) in [6.07, 6.45) is 1.53. The average molecular weight is 627 g/mol. The van der Waals surface area contributed by atoms with Crippen molar-refractivity contribution in [1.29, 1.82) is 0 Å². The van der Waals surface area contributed by atoms with Gasteiger partial charge in [-0.25, -0.2) is 9.79 Å². The van der Waals surface area contributed by atoms with Gasteiger partial charge < -0.3 is 9.47 Å². The Labute approximate surface area is 220 Å². The number of benzene rings is 3. The van der Waals surface area contributed by atoms with Gasteiger partial charge in [0.15, 0.2) is 5.70 Å². The number of hydrogen-bond donors (Lipinski definition) is 0. The predicted molar refractivity (Wildman–Crippen MR) is 136 cm³/mol. The van der Waals surface area contributed by atoms with Crippen LogP contribution in [0.25, 0.3) is 6.08 Å². The van der Waals surface area contributed by atoms with Gasteiger partial charge in [-0.2, -0.15) is 0 Å². The van der Waals surface area contributed by atoms with Crippen LogP contribution in [0, 0.1) is 10.1 Å². The van der Waals surface area contributed by atoms with E-state index in [9.17, 15) is 14.9 Å². The SMILES string of the molecule is O=C1OC(c2cc([N+](=O)[O-])ccc2Cl)=N/C1=C\c1cc(Br)c(OCc2ccc(Cl)cc2)c(Br)c1. The van der Waals surface area contributed by atoms with Crippen LogP contribution in [0.1, 0.15) is 16.7 Å². The van der Waals surface area contributed by atoms with E-state index in [2.05, 4.69) is 36.9 Å². The number of non-ortho nitro benzene ring substituents is 1. The number of cyclic esters (lactones) is 1. The molecule has 3 aromatic carbocycles. The summed E-state index contributed by atoms with van der Waals surface area (Å²) in [5.74, 6) is -0.224. The highest BCUT2D eigenvalue weighted by molar-refractivity contribution is 9.11. The third kappa shape index (κ3) is 5.50. The predicted octanol–water partition coefficient (Wildman–Crippen LogP) is 7.35. The van der Waals surface area contributed by atoms with Crippen LogP contribution in [0.2, 0.25) is 10.0 Å². The maximum absolute atomic E-state index is 12.4. The summed E-state index contributed by atoms with van der Waals surface area (Å²) in [5.41, 5.74) is 1.56. The highest BCUT2D eigenvalue weighted by Gasteiger charge is 2.27. The van der Waals surface area contributed by atoms with Crippen LogP contribution >= 0.6 is 55.1 Å². The van der Waals surface area contributed by atoms with E-state index < -0.39 is 10.9 Å². The first-order valence-electron chi connectivity index (χ1n) is 9.54. The van der Waals surface area contributed by atoms with Crippen LogP contribution in [0.15, 0.2) is 74.2 Å². The van der Waals surface area contributed by atoms with Crippen LogP contribution in [0.4, 0.5) is 5.69 Å². The number of nitro groups is 1. The Morgan fingerprint density at radius 2 is 1.74 bits per heavy atom. The molecule has 3 aromatic rings. The number of rotatable bonds is 6. The van der Waals surface area contributed by atoms with E-state index in [4.69, 9.17) is 32.7 Å². The molecule has 4 rings (SSSR count). The van der Waals surface area contributed by atoms with Crippen molar-refractivity contribution in [2.75, 3.05) is 0 Å². The molecule has 0 saturated carbocycles. The Balaban J connectivity index is 1.58. The lowest BCUT2D eigenvalue weighted by Crippen LogP contribution is -2.06. The lowest BCUT2D eigenvalue weighted by molar-refractivity contribution is -0.384. The van der Waals surface area contributed by atoms with Gasteiger partial charge in [-0.3, -0.25) is 10.1 Å². The van der Waals surface area contributed by atoms with Crippen molar-refractivity contribution in [2.45, 2.75) is 6.61 Å². The lowest BCUT2D eigenvalue weighted by atomic mass is 10.2. The van der Waals surface area contributed by atoms with Gasteiger partial charge >= 0.3 is 5.97 Å². The second kappa shape index (κ2) is 10.3. The molecule has 0 unspecified atom stereocenters. The molecule has 0 spiro atoms. The number of nitro benzene ring substituents is 1. The molecule has 0 fully saturated rings. The number of ether oxygens (including phenoxy) is 2. The Kier molecular flexibility index (Phi) is 7.37. The van der Waals surface area contributed by atoms with E-state index in [0.717, 1.165) is 5.56 Å². The molecule has 0 N–H and O–H groups in total. The number of carbonyl (C=O) groups is 1. The van der Waals surface area contributed by atoms with Crippen LogP contribution in [-0.4, -0.2) is 16.8 Å². The minimum atomic E-state index is -0.701. The topological polar surface area (TPSA) is 91.0 Å². The normalized spacial score (nSPS) is 14.2. The summed E-state index contributed by atoms with van der Waals surface area (Å²) in [4.78, 5) is 27.1. The van der Waals surface area contributed by atoms with Crippen LogP contribution in [0.5, 0.6) is 5.75 Å². The first-order chi connectivity index (χ1) is 16.2. The van der Waals surface area contributed by atoms with Crippen molar-refractivity contribution in [1.82, 2.24) is 0 Å². The molecule has 1 aliphatic rings. The molecule has 172 valence electrons. The fourth-order valence-corrected chi connectivity index (χ4v) is 4.78. The summed E-state index contributed by atoms with van der Waals surface area (Å²) in [5, 5.41) is 11.9. The molecular weight excluding hydrogens is 615 g/mol. The molecule has 0 amide bonds. The van der Waals surface area contributed by atoms with Gasteiger partial charge in [-0.1, -0.05) is 35.3 Å². The highest BCUT2D eigenvalue weighted by atomic mass is 79.9. The Bertz CT molecular complexity index is 1350. The third-order valence-corrected chi connectivity index (χ3v) is 6.39. The van der Waals surface area contributed by atoms with Gasteiger partial charge in [0, 0.05) is 17.2 Å². The Morgan fingerprint density at radius 1 is 1.06 bits per heavy atom. The Morgan fingerprint density at radius 3 is 2.38 bits per heavy atom. The van der Waals surface area contributed by atoms with E-state index in [-0.39, 0.29) is 27.9 Å². The fourth-order valence-electron chi connectivity index (χ4n) is 3.01. The van der Waals surface area contributed by atoms with E-state index in [0.29, 0.717) is 31.9 Å². The molecule has 0 aliphatic carbocycles. The summed E-state index contributed by atoms with van der Waals surface area (Å²) in [6, 6.07) is 14.7. The van der Waals surface area contributed by atoms with Crippen molar-refractivity contribution in [3.63, 3.8) is 0 Å². The number of nitrogens with zero attached hydrogens (tertiary/aromatic N) is 2. The highest BCUT2D eigenvalue weighted by Crippen LogP contribution is 2.36. The zero-order chi connectivity index (χ0) is 24.4. The zero-order valence-corrected chi connectivity index (χ0v) is 21.6. The maximum atomic E-state index is 12.4. The molecule has 7 nitrogen and oxygen atoms in total. The number of hydrogen-bond acceptors (Lipinski definition) is 6. The first kappa shape index (κ1) is 24.4. The largest absolute Gasteiger partial charge is 0.487 e. The number of esters is 1. The fraction of sp³-hybridized carbons (Fsp3) is 0.0435. The third-order valence-electron chi connectivity index (χ3n) is 4.63. The molecule has 0 saturated heterocycles. The van der Waals surface area contributed by atoms with E-state index in [1.807, 2.05) is 12.1 Å². The van der Waals surface area contributed by atoms with Gasteiger partial charge in [-0.05, 0) is 79.4 Å². The summed E-state index contributed by atoms with van der Waals surface area (Å²) in [6.45, 7) is 0.332. The smallest absolute Gasteiger partial charge is 0.363 e. The van der Waals surface area contributed by atoms with Crippen LogP contribution in [-0.2, 0) is 16.1 Å². The zero-order valence-electron chi connectivity index (χ0n) is 16.9. The van der Waals surface area contributed by atoms with Crippen molar-refractivity contribution < 1.29 is 19.2 Å². The van der Waals surface area contributed by atoms with Gasteiger partial charge in [0.1, 0.15) is 12.4 Å². The molecule has 1 aliphatic heterocycles. The van der Waals surface area contributed by atoms with Crippen molar-refractivity contribution in [3.8, 4) is 5.75 Å². The lowest BCUT2D eigenvalue weighted by Gasteiger charge is -2.11. The molecule has 0 atom stereocenters. The second-order valence-corrected chi connectivity index (χ2v) is 9.54. The molecular formula is C23H12Br2Cl2N2O5. The van der Waals surface area contributed by atoms with Crippen molar-refractivity contribution in [3.05, 3.63) is 106 Å². The van der Waals surface area contributed by atoms with Gasteiger partial charge in [-0.15, -0.1) is 0 Å². The van der Waals surface area contributed by atoms with Crippen molar-refractivity contribution >= 4 is 78.7 Å². The van der Waals surface area contributed by atoms with E-state index in [1.165, 1.54) is 24.3 Å². The van der Waals surface area contributed by atoms with E-state index in [1.54, 1.807) is 24.3 Å². The second-order valence-electron chi connectivity index (χ2n) is 6.99. The number of halogens is 4. The first-order valence-corrected chi connectivity index (χ1v) is 11.9. The average Bonchev–Trinajstić information content (AvgIpc) is 3.14. The summed E-state index contributed by atoms with van der Waals surface area (Å²) >= 11 is 19.0. The molecule has 1 heterocycles. The summed E-state index contributed by atoms with van der Waals surface area (Å²) in [7, 11) is 0. The van der Waals surface area contributed by atoms with Gasteiger partial charge in [0.05, 0.1) is 24.5 Å².